The Morgan fingerprint density at radius 3 is 2.68 bits per heavy atom. The number of rotatable bonds is 11. The number of benzene rings is 2. The van der Waals surface area contributed by atoms with Gasteiger partial charge in [0.25, 0.3) is 0 Å². The summed E-state index contributed by atoms with van der Waals surface area (Å²) in [4.78, 5) is 25.3. The summed E-state index contributed by atoms with van der Waals surface area (Å²) in [5, 5.41) is 7.31. The predicted octanol–water partition coefficient (Wildman–Crippen LogP) is 6.69. The number of anilines is 3. The van der Waals surface area contributed by atoms with Crippen molar-refractivity contribution >= 4 is 45.6 Å². The molecule has 2 aromatic heterocycles. The highest BCUT2D eigenvalue weighted by atomic mass is 35.5. The van der Waals surface area contributed by atoms with Gasteiger partial charge in [-0.3, -0.25) is 9.78 Å². The predicted molar refractivity (Wildman–Crippen MR) is 149 cm³/mol. The third-order valence-corrected chi connectivity index (χ3v) is 7.01. The van der Waals surface area contributed by atoms with Crippen LogP contribution in [0, 0.1) is 5.41 Å². The van der Waals surface area contributed by atoms with Gasteiger partial charge in [0.1, 0.15) is 30.3 Å². The van der Waals surface area contributed by atoms with Crippen molar-refractivity contribution in [1.82, 2.24) is 15.0 Å². The van der Waals surface area contributed by atoms with Crippen molar-refractivity contribution in [3.05, 3.63) is 84.4 Å². The van der Waals surface area contributed by atoms with E-state index < -0.39 is 0 Å². The summed E-state index contributed by atoms with van der Waals surface area (Å²) in [5.74, 6) is 1.34. The van der Waals surface area contributed by atoms with Crippen molar-refractivity contribution in [3.8, 4) is 11.5 Å². The first-order chi connectivity index (χ1) is 18.5. The Balaban J connectivity index is 1.39. The van der Waals surface area contributed by atoms with Crippen molar-refractivity contribution in [2.45, 2.75) is 32.8 Å². The van der Waals surface area contributed by atoms with Gasteiger partial charge in [0.05, 0.1) is 28.5 Å². The van der Waals surface area contributed by atoms with E-state index in [4.69, 9.17) is 21.1 Å². The molecule has 4 aromatic rings. The molecule has 2 aromatic carbocycles. The van der Waals surface area contributed by atoms with Gasteiger partial charge in [0.2, 0.25) is 5.91 Å². The molecule has 194 valence electrons. The zero-order chi connectivity index (χ0) is 26.5. The smallest absolute Gasteiger partial charge is 0.247 e. The lowest BCUT2D eigenvalue weighted by atomic mass is 10.1. The lowest BCUT2D eigenvalue weighted by Crippen LogP contribution is -2.14. The second kappa shape index (κ2) is 11.1. The number of hydrogen-bond acceptors (Lipinski definition) is 7. The first kappa shape index (κ1) is 25.5. The van der Waals surface area contributed by atoms with Gasteiger partial charge in [0.15, 0.2) is 0 Å². The van der Waals surface area contributed by atoms with Gasteiger partial charge in [-0.2, -0.15) is 0 Å². The van der Waals surface area contributed by atoms with Crippen LogP contribution in [-0.4, -0.2) is 27.5 Å². The van der Waals surface area contributed by atoms with E-state index in [2.05, 4.69) is 39.1 Å². The van der Waals surface area contributed by atoms with Crippen LogP contribution in [0.1, 0.15) is 31.9 Å². The molecule has 0 unspecified atom stereocenters. The lowest BCUT2D eigenvalue weighted by Gasteiger charge is -2.18. The maximum atomic E-state index is 12.2. The van der Waals surface area contributed by atoms with Crippen LogP contribution in [0.2, 0.25) is 5.02 Å². The van der Waals surface area contributed by atoms with Crippen LogP contribution in [0.5, 0.6) is 11.5 Å². The highest BCUT2D eigenvalue weighted by Gasteiger charge is 2.41. The number of nitrogens with one attached hydrogen (secondary N) is 2. The van der Waals surface area contributed by atoms with Gasteiger partial charge in [-0.15, -0.1) is 0 Å². The van der Waals surface area contributed by atoms with Gasteiger partial charge < -0.3 is 20.1 Å². The molecular weight excluding hydrogens is 502 g/mol. The Morgan fingerprint density at radius 2 is 1.97 bits per heavy atom. The average molecular weight is 530 g/mol. The summed E-state index contributed by atoms with van der Waals surface area (Å²) < 4.78 is 12.0. The second-order valence-electron chi connectivity index (χ2n) is 9.30. The quantitative estimate of drug-likeness (QED) is 0.209. The molecule has 0 atom stereocenters. The van der Waals surface area contributed by atoms with Crippen molar-refractivity contribution in [2.24, 2.45) is 5.41 Å². The monoisotopic (exact) mass is 529 g/mol. The van der Waals surface area contributed by atoms with E-state index in [-0.39, 0.29) is 11.3 Å². The zero-order valence-corrected chi connectivity index (χ0v) is 21.8. The molecular formula is C29H28ClN5O3. The molecule has 1 aliphatic rings. The van der Waals surface area contributed by atoms with Crippen molar-refractivity contribution < 1.29 is 14.3 Å². The van der Waals surface area contributed by atoms with E-state index in [0.29, 0.717) is 52.1 Å². The number of nitrogens with zero attached hydrogens (tertiary/aromatic N) is 3. The van der Waals surface area contributed by atoms with Gasteiger partial charge in [-0.1, -0.05) is 31.2 Å². The van der Waals surface area contributed by atoms with Crippen LogP contribution in [-0.2, 0) is 11.4 Å². The molecule has 2 N–H and O–H groups in total. The number of halogens is 1. The van der Waals surface area contributed by atoms with Crippen LogP contribution in [0.15, 0.2) is 73.7 Å². The maximum Gasteiger partial charge on any atom is 0.247 e. The topological polar surface area (TPSA) is 98.3 Å². The largest absolute Gasteiger partial charge is 0.491 e. The summed E-state index contributed by atoms with van der Waals surface area (Å²) in [7, 11) is 0. The third kappa shape index (κ3) is 5.86. The SMILES string of the molecule is C=CC(=O)Nc1cc2c(Nc3ccc(OCc4ccccn4)c(Cl)c3)ncnc2cc1OCC1(CC)CC1. The fourth-order valence-electron chi connectivity index (χ4n) is 4.06. The molecule has 1 fully saturated rings. The highest BCUT2D eigenvalue weighted by Crippen LogP contribution is 2.49. The molecule has 0 aliphatic heterocycles. The zero-order valence-electron chi connectivity index (χ0n) is 21.0. The summed E-state index contributed by atoms with van der Waals surface area (Å²) in [6.45, 7) is 6.64. The number of pyridine rings is 1. The standard InChI is InChI=1S/C29H28ClN5O3/c1-3-27(36)35-24-14-21-23(15-26(24)38-17-29(4-2)10-11-29)32-18-33-28(21)34-19-8-9-25(22(30)13-19)37-16-20-7-5-6-12-31-20/h3,5-9,12-15,18H,1,4,10-11,16-17H2,2H3,(H,35,36)(H,32,33,34). The fourth-order valence-corrected chi connectivity index (χ4v) is 4.29. The number of ether oxygens (including phenoxy) is 2. The van der Waals surface area contributed by atoms with E-state index in [1.54, 1.807) is 18.3 Å². The first-order valence-electron chi connectivity index (χ1n) is 12.4. The highest BCUT2D eigenvalue weighted by molar-refractivity contribution is 6.32. The van der Waals surface area contributed by atoms with Crippen LogP contribution in [0.3, 0.4) is 0 Å². The van der Waals surface area contributed by atoms with E-state index in [0.717, 1.165) is 30.6 Å². The van der Waals surface area contributed by atoms with Gasteiger partial charge in [-0.05, 0) is 61.7 Å². The van der Waals surface area contributed by atoms with Crippen LogP contribution in [0.4, 0.5) is 17.2 Å². The molecule has 1 amide bonds. The molecule has 2 heterocycles. The molecule has 1 saturated carbocycles. The third-order valence-electron chi connectivity index (χ3n) is 6.72. The molecule has 8 nitrogen and oxygen atoms in total. The molecule has 0 saturated heterocycles. The number of hydrogen-bond donors (Lipinski definition) is 2. The van der Waals surface area contributed by atoms with E-state index in [9.17, 15) is 4.79 Å². The number of amides is 1. The molecule has 1 aliphatic carbocycles. The van der Waals surface area contributed by atoms with Gasteiger partial charge >= 0.3 is 0 Å². The van der Waals surface area contributed by atoms with E-state index in [1.807, 2.05) is 36.4 Å². The Hall–Kier alpha value is -4.17. The number of carbonyl (C=O) groups is 1. The molecule has 0 bridgehead atoms. The average Bonchev–Trinajstić information content (AvgIpc) is 3.73. The minimum Gasteiger partial charge on any atom is -0.491 e. The number of carbonyl (C=O) groups excluding carboxylic acids is 1. The normalized spacial score (nSPS) is 13.5. The van der Waals surface area contributed by atoms with Crippen molar-refractivity contribution in [1.29, 1.82) is 0 Å². The van der Waals surface area contributed by atoms with Crippen LogP contribution in [0.25, 0.3) is 10.9 Å². The molecule has 38 heavy (non-hydrogen) atoms. The summed E-state index contributed by atoms with van der Waals surface area (Å²) in [6, 6.07) is 14.7. The minimum absolute atomic E-state index is 0.222. The van der Waals surface area contributed by atoms with Gasteiger partial charge in [0, 0.05) is 28.8 Å². The molecule has 0 spiro atoms. The van der Waals surface area contributed by atoms with Crippen molar-refractivity contribution in [3.63, 3.8) is 0 Å². The molecule has 5 rings (SSSR count). The molecule has 0 radical (unpaired) electrons. The number of fused-ring (bicyclic) bond motifs is 1. The Morgan fingerprint density at radius 1 is 1.11 bits per heavy atom. The maximum absolute atomic E-state index is 12.2. The Kier molecular flexibility index (Phi) is 7.42. The molecule has 9 heteroatoms. The summed E-state index contributed by atoms with van der Waals surface area (Å²) in [6.07, 6.45) is 7.78. The minimum atomic E-state index is -0.328. The van der Waals surface area contributed by atoms with E-state index >= 15 is 0 Å². The fraction of sp³-hybridized carbons (Fsp3) is 0.241. The van der Waals surface area contributed by atoms with Crippen molar-refractivity contribution in [2.75, 3.05) is 17.2 Å². The number of aromatic nitrogens is 3. The van der Waals surface area contributed by atoms with E-state index in [1.165, 1.54) is 12.4 Å². The Labute approximate surface area is 226 Å². The summed E-state index contributed by atoms with van der Waals surface area (Å²) in [5.41, 5.74) is 2.96. The van der Waals surface area contributed by atoms with Crippen LogP contribution < -0.4 is 20.1 Å². The summed E-state index contributed by atoms with van der Waals surface area (Å²) >= 11 is 6.50. The van der Waals surface area contributed by atoms with Gasteiger partial charge in [-0.25, -0.2) is 9.97 Å². The Bertz CT molecular complexity index is 1470. The second-order valence-corrected chi connectivity index (χ2v) is 9.71. The lowest BCUT2D eigenvalue weighted by molar-refractivity contribution is -0.111. The van der Waals surface area contributed by atoms with Crippen LogP contribution >= 0.6 is 11.6 Å². The first-order valence-corrected chi connectivity index (χ1v) is 12.8.